The van der Waals surface area contributed by atoms with E-state index in [0.717, 1.165) is 18.4 Å². The molecule has 1 aliphatic heterocycles. The van der Waals surface area contributed by atoms with Crippen LogP contribution in [0.4, 0.5) is 0 Å². The summed E-state index contributed by atoms with van der Waals surface area (Å²) < 4.78 is 6.35. The molecule has 4 atom stereocenters. The molecule has 0 aromatic rings. The van der Waals surface area contributed by atoms with Crippen LogP contribution in [0.25, 0.3) is 0 Å². The highest BCUT2D eigenvalue weighted by Gasteiger charge is 2.50. The van der Waals surface area contributed by atoms with Crippen LogP contribution in [0.15, 0.2) is 0 Å². The lowest BCUT2D eigenvalue weighted by atomic mass is 9.70. The molecule has 2 nitrogen and oxygen atoms in total. The molecule has 1 saturated carbocycles. The van der Waals surface area contributed by atoms with E-state index in [0.29, 0.717) is 12.0 Å². The Balaban J connectivity index is 2.15. The van der Waals surface area contributed by atoms with Gasteiger partial charge in [0, 0.05) is 12.0 Å². The average molecular weight is 281 g/mol. The maximum Gasteiger partial charge on any atom is 0.0677 e. The van der Waals surface area contributed by atoms with Gasteiger partial charge >= 0.3 is 0 Å². The number of hydrogen-bond donors (Lipinski definition) is 1. The van der Waals surface area contributed by atoms with Crippen LogP contribution in [0.5, 0.6) is 0 Å². The van der Waals surface area contributed by atoms with Gasteiger partial charge in [0.05, 0.1) is 11.2 Å². The molecule has 0 aromatic heterocycles. The molecule has 4 unspecified atom stereocenters. The van der Waals surface area contributed by atoms with Crippen molar-refractivity contribution in [2.24, 2.45) is 17.8 Å². The van der Waals surface area contributed by atoms with E-state index in [9.17, 15) is 0 Å². The molecule has 118 valence electrons. The van der Waals surface area contributed by atoms with E-state index in [4.69, 9.17) is 4.74 Å². The van der Waals surface area contributed by atoms with Gasteiger partial charge in [-0.2, -0.15) is 0 Å². The number of ether oxygens (including phenoxy) is 1. The summed E-state index contributed by atoms with van der Waals surface area (Å²) >= 11 is 0. The summed E-state index contributed by atoms with van der Waals surface area (Å²) in [6.07, 6.45) is 6.80. The molecule has 1 saturated heterocycles. The summed E-state index contributed by atoms with van der Waals surface area (Å²) in [4.78, 5) is 0. The van der Waals surface area contributed by atoms with Gasteiger partial charge in [-0.1, -0.05) is 26.7 Å². The fraction of sp³-hybridized carbons (Fsp3) is 1.00. The Morgan fingerprint density at radius 2 is 1.90 bits per heavy atom. The largest absolute Gasteiger partial charge is 0.369 e. The Morgan fingerprint density at radius 1 is 1.20 bits per heavy atom. The average Bonchev–Trinajstić information content (AvgIpc) is 2.54. The van der Waals surface area contributed by atoms with Crippen LogP contribution in [0.1, 0.15) is 73.6 Å². The summed E-state index contributed by atoms with van der Waals surface area (Å²) in [5, 5.41) is 3.83. The summed E-state index contributed by atoms with van der Waals surface area (Å²) in [5.74, 6) is 2.36. The fourth-order valence-electron chi connectivity index (χ4n) is 4.84. The van der Waals surface area contributed by atoms with Crippen LogP contribution in [-0.2, 0) is 4.74 Å². The van der Waals surface area contributed by atoms with Crippen molar-refractivity contribution in [2.75, 3.05) is 6.54 Å². The Kier molecular flexibility index (Phi) is 4.86. The van der Waals surface area contributed by atoms with Crippen molar-refractivity contribution in [3.8, 4) is 0 Å². The third kappa shape index (κ3) is 3.57. The van der Waals surface area contributed by atoms with Gasteiger partial charge in [0.2, 0.25) is 0 Å². The van der Waals surface area contributed by atoms with E-state index in [-0.39, 0.29) is 11.2 Å². The van der Waals surface area contributed by atoms with Gasteiger partial charge in [-0.15, -0.1) is 0 Å². The first-order valence-corrected chi connectivity index (χ1v) is 8.69. The van der Waals surface area contributed by atoms with Gasteiger partial charge in [0.1, 0.15) is 0 Å². The molecule has 0 aromatic carbocycles. The second-order valence-electron chi connectivity index (χ2n) is 8.39. The summed E-state index contributed by atoms with van der Waals surface area (Å²) in [6.45, 7) is 14.8. The Bertz CT molecular complexity index is 323. The minimum Gasteiger partial charge on any atom is -0.369 e. The smallest absolute Gasteiger partial charge is 0.0677 e. The predicted octanol–water partition coefficient (Wildman–Crippen LogP) is 4.38. The molecule has 0 bridgehead atoms. The summed E-state index contributed by atoms with van der Waals surface area (Å²) in [5.41, 5.74) is 0.0269. The van der Waals surface area contributed by atoms with E-state index in [1.807, 2.05) is 0 Å². The third-order valence-corrected chi connectivity index (χ3v) is 5.50. The maximum atomic E-state index is 6.35. The molecular weight excluding hydrogens is 246 g/mol. The van der Waals surface area contributed by atoms with E-state index in [1.165, 1.54) is 32.1 Å². The third-order valence-electron chi connectivity index (χ3n) is 5.50. The minimum atomic E-state index is -0.00295. The van der Waals surface area contributed by atoms with Crippen LogP contribution in [-0.4, -0.2) is 23.8 Å². The second kappa shape index (κ2) is 5.96. The van der Waals surface area contributed by atoms with E-state index in [2.05, 4.69) is 46.9 Å². The zero-order valence-corrected chi connectivity index (χ0v) is 14.5. The first kappa shape index (κ1) is 16.3. The molecule has 0 amide bonds. The van der Waals surface area contributed by atoms with Crippen molar-refractivity contribution in [2.45, 2.75) is 90.9 Å². The monoisotopic (exact) mass is 281 g/mol. The molecule has 2 heteroatoms. The zero-order valence-electron chi connectivity index (χ0n) is 14.5. The predicted molar refractivity (Wildman–Crippen MR) is 85.9 cm³/mol. The molecule has 0 spiro atoms. The van der Waals surface area contributed by atoms with Gasteiger partial charge < -0.3 is 10.1 Å². The van der Waals surface area contributed by atoms with Crippen LogP contribution in [0, 0.1) is 17.8 Å². The second-order valence-corrected chi connectivity index (χ2v) is 8.39. The maximum absolute atomic E-state index is 6.35. The van der Waals surface area contributed by atoms with Crippen molar-refractivity contribution >= 4 is 0 Å². The topological polar surface area (TPSA) is 21.3 Å². The number of hydrogen-bond acceptors (Lipinski definition) is 2. The lowest BCUT2D eigenvalue weighted by Crippen LogP contribution is -2.49. The Morgan fingerprint density at radius 3 is 2.40 bits per heavy atom. The van der Waals surface area contributed by atoms with Gasteiger partial charge in [-0.3, -0.25) is 0 Å². The van der Waals surface area contributed by atoms with Crippen molar-refractivity contribution in [3.05, 3.63) is 0 Å². The van der Waals surface area contributed by atoms with Crippen molar-refractivity contribution in [3.63, 3.8) is 0 Å². The SMILES string of the molecule is CCNC(C1CCCC(C)C1)C1CC(C)(C)OC1(C)C. The van der Waals surface area contributed by atoms with Gasteiger partial charge in [-0.05, 0) is 65.3 Å². The standard InChI is InChI=1S/C18H35NO/c1-7-19-16(14-10-8-9-13(2)11-14)15-12-17(3,4)20-18(15,5)6/h13-16,19H,7-12H2,1-6H3. The van der Waals surface area contributed by atoms with E-state index in [1.54, 1.807) is 0 Å². The zero-order chi connectivity index (χ0) is 15.0. The quantitative estimate of drug-likeness (QED) is 0.825. The molecule has 2 aliphatic rings. The summed E-state index contributed by atoms with van der Waals surface area (Å²) in [7, 11) is 0. The molecule has 1 heterocycles. The highest BCUT2D eigenvalue weighted by atomic mass is 16.5. The van der Waals surface area contributed by atoms with Gasteiger partial charge in [-0.25, -0.2) is 0 Å². The molecule has 1 aliphatic carbocycles. The van der Waals surface area contributed by atoms with Crippen molar-refractivity contribution in [1.82, 2.24) is 5.32 Å². The fourth-order valence-corrected chi connectivity index (χ4v) is 4.84. The van der Waals surface area contributed by atoms with Crippen LogP contribution < -0.4 is 5.32 Å². The van der Waals surface area contributed by atoms with Gasteiger partial charge in [0.15, 0.2) is 0 Å². The highest BCUT2D eigenvalue weighted by molar-refractivity contribution is 5.01. The highest BCUT2D eigenvalue weighted by Crippen LogP contribution is 2.47. The van der Waals surface area contributed by atoms with Crippen molar-refractivity contribution in [1.29, 1.82) is 0 Å². The van der Waals surface area contributed by atoms with Gasteiger partial charge in [0.25, 0.3) is 0 Å². The first-order valence-electron chi connectivity index (χ1n) is 8.69. The van der Waals surface area contributed by atoms with Crippen molar-refractivity contribution < 1.29 is 4.74 Å². The summed E-state index contributed by atoms with van der Waals surface area (Å²) in [6, 6.07) is 0.625. The van der Waals surface area contributed by atoms with Crippen LogP contribution in [0.3, 0.4) is 0 Å². The Labute approximate surface area is 126 Å². The lowest BCUT2D eigenvalue weighted by Gasteiger charge is -2.41. The lowest BCUT2D eigenvalue weighted by molar-refractivity contribution is -0.0804. The van der Waals surface area contributed by atoms with Crippen LogP contribution in [0.2, 0.25) is 0 Å². The van der Waals surface area contributed by atoms with E-state index < -0.39 is 0 Å². The number of rotatable bonds is 4. The first-order chi connectivity index (χ1) is 9.25. The molecule has 0 radical (unpaired) electrons. The molecule has 1 N–H and O–H groups in total. The molecule has 20 heavy (non-hydrogen) atoms. The molecule has 2 rings (SSSR count). The van der Waals surface area contributed by atoms with E-state index >= 15 is 0 Å². The molecular formula is C18H35NO. The number of nitrogens with one attached hydrogen (secondary N) is 1. The Hall–Kier alpha value is -0.0800. The van der Waals surface area contributed by atoms with Crippen LogP contribution >= 0.6 is 0 Å². The molecule has 2 fully saturated rings. The normalized spacial score (nSPS) is 37.8. The minimum absolute atomic E-state index is 0.00295.